The van der Waals surface area contributed by atoms with Crippen LogP contribution in [0, 0.1) is 0 Å². The van der Waals surface area contributed by atoms with Crippen molar-refractivity contribution in [1.29, 1.82) is 0 Å². The first kappa shape index (κ1) is 11.2. The molecule has 0 aromatic heterocycles. The van der Waals surface area contributed by atoms with Crippen LogP contribution in [-0.4, -0.2) is 53.4 Å². The van der Waals surface area contributed by atoms with Crippen LogP contribution in [0.4, 0.5) is 4.39 Å². The van der Waals surface area contributed by atoms with E-state index in [4.69, 9.17) is 19.3 Å². The molecule has 2 heterocycles. The molecule has 2 N–H and O–H groups in total. The zero-order valence-electron chi connectivity index (χ0n) is 8.59. The fourth-order valence-corrected chi connectivity index (χ4v) is 1.90. The first-order valence-corrected chi connectivity index (χ1v) is 4.89. The van der Waals surface area contributed by atoms with Gasteiger partial charge in [-0.2, -0.15) is 0 Å². The van der Waals surface area contributed by atoms with Gasteiger partial charge in [-0.1, -0.05) is 0 Å². The number of alkyl halides is 1. The van der Waals surface area contributed by atoms with Crippen LogP contribution in [0.15, 0.2) is 0 Å². The number of fused-ring (bicyclic) bond motifs is 1. The van der Waals surface area contributed by atoms with Gasteiger partial charge in [0.1, 0.15) is 18.3 Å². The molecule has 2 aliphatic rings. The Hall–Kier alpha value is -0.270. The third-order valence-corrected chi connectivity index (χ3v) is 2.57. The maximum absolute atomic E-state index is 13.7. The van der Waals surface area contributed by atoms with E-state index in [9.17, 15) is 9.50 Å². The van der Waals surface area contributed by atoms with Crippen molar-refractivity contribution in [3.63, 3.8) is 0 Å². The highest BCUT2D eigenvalue weighted by Crippen LogP contribution is 2.39. The maximum atomic E-state index is 13.7. The largest absolute Gasteiger partial charge is 0.394 e. The monoisotopic (exact) mass is 222 g/mol. The Morgan fingerprint density at radius 1 is 1.40 bits per heavy atom. The molecule has 1 unspecified atom stereocenters. The molecule has 2 saturated heterocycles. The van der Waals surface area contributed by atoms with Gasteiger partial charge in [-0.25, -0.2) is 4.39 Å². The van der Waals surface area contributed by atoms with Gasteiger partial charge in [0.25, 0.3) is 0 Å². The van der Waals surface area contributed by atoms with Crippen molar-refractivity contribution in [3.8, 4) is 0 Å². The van der Waals surface area contributed by atoms with Crippen molar-refractivity contribution < 1.29 is 28.8 Å². The molecule has 0 radical (unpaired) electrons. The normalized spacial score (nSPS) is 45.4. The van der Waals surface area contributed by atoms with Crippen LogP contribution in [0.5, 0.6) is 0 Å². The topological polar surface area (TPSA) is 68.2 Å². The first-order chi connectivity index (χ1) is 6.94. The van der Waals surface area contributed by atoms with Crippen LogP contribution in [-0.2, 0) is 14.2 Å². The van der Waals surface area contributed by atoms with E-state index < -0.39 is 43.2 Å². The summed E-state index contributed by atoms with van der Waals surface area (Å²) >= 11 is 0. The van der Waals surface area contributed by atoms with Gasteiger partial charge in [0, 0.05) is 0 Å². The lowest BCUT2D eigenvalue weighted by molar-refractivity contribution is -0.222. The van der Waals surface area contributed by atoms with Crippen LogP contribution >= 0.6 is 0 Å². The lowest BCUT2D eigenvalue weighted by Gasteiger charge is -2.23. The number of halogens is 1. The number of aliphatic hydroxyl groups excluding tert-OH is 2. The second-order valence-electron chi connectivity index (χ2n) is 4.26. The molecule has 2 aliphatic heterocycles. The average Bonchev–Trinajstić information content (AvgIpc) is 2.60. The van der Waals surface area contributed by atoms with Crippen LogP contribution < -0.4 is 0 Å². The molecule has 2 rings (SSSR count). The Kier molecular flexibility index (Phi) is 2.72. The van der Waals surface area contributed by atoms with Gasteiger partial charge < -0.3 is 24.4 Å². The van der Waals surface area contributed by atoms with E-state index in [2.05, 4.69) is 0 Å². The summed E-state index contributed by atoms with van der Waals surface area (Å²) in [4.78, 5) is 0. The summed E-state index contributed by atoms with van der Waals surface area (Å²) in [6.45, 7) is 2.78. The summed E-state index contributed by atoms with van der Waals surface area (Å²) in [5.41, 5.74) is 0. The summed E-state index contributed by atoms with van der Waals surface area (Å²) in [5, 5.41) is 18.0. The van der Waals surface area contributed by atoms with Crippen molar-refractivity contribution in [2.45, 2.75) is 50.4 Å². The van der Waals surface area contributed by atoms with Crippen molar-refractivity contribution in [1.82, 2.24) is 0 Å². The highest BCUT2D eigenvalue weighted by Gasteiger charge is 2.56. The number of ether oxygens (including phenoxy) is 3. The van der Waals surface area contributed by atoms with Crippen molar-refractivity contribution in [2.75, 3.05) is 6.61 Å². The van der Waals surface area contributed by atoms with Crippen molar-refractivity contribution in [2.24, 2.45) is 0 Å². The Morgan fingerprint density at radius 3 is 2.60 bits per heavy atom. The third kappa shape index (κ3) is 1.88. The average molecular weight is 222 g/mol. The zero-order chi connectivity index (χ0) is 11.2. The number of rotatable bonds is 2. The van der Waals surface area contributed by atoms with E-state index in [-0.39, 0.29) is 0 Å². The molecule has 0 bridgehead atoms. The van der Waals surface area contributed by atoms with Crippen LogP contribution in [0.2, 0.25) is 0 Å². The minimum atomic E-state index is -1.49. The smallest absolute Gasteiger partial charge is 0.190 e. The molecule has 5 nitrogen and oxygen atoms in total. The van der Waals surface area contributed by atoms with Crippen LogP contribution in [0.3, 0.4) is 0 Å². The van der Waals surface area contributed by atoms with Gasteiger partial charge in [-0.15, -0.1) is 0 Å². The van der Waals surface area contributed by atoms with Gasteiger partial charge in [0.15, 0.2) is 18.2 Å². The van der Waals surface area contributed by atoms with E-state index in [0.717, 1.165) is 0 Å². The number of hydrogen-bond donors (Lipinski definition) is 2. The molecular formula is C9H15FO5. The minimum absolute atomic E-state index is 0.548. The Labute approximate surface area is 86.7 Å². The molecule has 0 saturated carbocycles. The predicted molar refractivity (Wildman–Crippen MR) is 46.7 cm³/mol. The summed E-state index contributed by atoms with van der Waals surface area (Å²) in [5.74, 6) is -0.866. The highest BCUT2D eigenvalue weighted by molar-refractivity contribution is 4.95. The lowest BCUT2D eigenvalue weighted by atomic mass is 10.1. The van der Waals surface area contributed by atoms with Crippen molar-refractivity contribution >= 4 is 0 Å². The Bertz CT molecular complexity index is 247. The fourth-order valence-electron chi connectivity index (χ4n) is 1.90. The molecule has 0 spiro atoms. The van der Waals surface area contributed by atoms with E-state index in [1.807, 2.05) is 0 Å². The van der Waals surface area contributed by atoms with Gasteiger partial charge in [-0.3, -0.25) is 0 Å². The van der Waals surface area contributed by atoms with E-state index >= 15 is 0 Å². The van der Waals surface area contributed by atoms with Gasteiger partial charge in [-0.05, 0) is 13.8 Å². The highest BCUT2D eigenvalue weighted by atomic mass is 19.1. The summed E-state index contributed by atoms with van der Waals surface area (Å²) < 4.78 is 29.5. The molecule has 5 atom stereocenters. The van der Waals surface area contributed by atoms with Crippen LogP contribution in [0.25, 0.3) is 0 Å². The molecule has 6 heteroatoms. The molecule has 88 valence electrons. The summed E-state index contributed by atoms with van der Waals surface area (Å²) in [6, 6.07) is 0. The Balaban J connectivity index is 2.05. The second kappa shape index (κ2) is 3.64. The third-order valence-electron chi connectivity index (χ3n) is 2.57. The molecular weight excluding hydrogens is 207 g/mol. The van der Waals surface area contributed by atoms with Gasteiger partial charge in [0.2, 0.25) is 0 Å². The number of hydrogen-bond acceptors (Lipinski definition) is 5. The number of aliphatic hydroxyl groups is 2. The molecule has 0 amide bonds. The summed E-state index contributed by atoms with van der Waals surface area (Å²) in [7, 11) is 0. The minimum Gasteiger partial charge on any atom is -0.394 e. The van der Waals surface area contributed by atoms with Gasteiger partial charge in [0.05, 0.1) is 6.61 Å². The SMILES string of the molecule is CC1(C)O[C@H]2O[C@H](C(O)CO)[C@H](F)[C@H]2O1. The standard InChI is InChI=1S/C9H15FO5/c1-9(2)14-7-5(10)6(4(12)3-11)13-8(7)15-9/h4-8,11-12H,3H2,1-2H3/t4?,5-,6+,7+,8+/m0/s1. The van der Waals surface area contributed by atoms with E-state index in [0.29, 0.717) is 0 Å². The van der Waals surface area contributed by atoms with Gasteiger partial charge >= 0.3 is 0 Å². The predicted octanol–water partition coefficient (Wildman–Crippen LogP) is -0.446. The maximum Gasteiger partial charge on any atom is 0.190 e. The molecule has 2 fully saturated rings. The molecule has 15 heavy (non-hydrogen) atoms. The molecule has 0 aromatic carbocycles. The zero-order valence-corrected chi connectivity index (χ0v) is 8.59. The lowest BCUT2D eigenvalue weighted by Crippen LogP contribution is -2.40. The second-order valence-corrected chi connectivity index (χ2v) is 4.26. The quantitative estimate of drug-likeness (QED) is 0.662. The fraction of sp³-hybridized carbons (Fsp3) is 1.00. The Morgan fingerprint density at radius 2 is 2.07 bits per heavy atom. The summed E-state index contributed by atoms with van der Waals surface area (Å²) in [6.07, 6.45) is -5.45. The van der Waals surface area contributed by atoms with Crippen molar-refractivity contribution in [3.05, 3.63) is 0 Å². The molecule has 0 aromatic rings. The molecule has 0 aliphatic carbocycles. The van der Waals surface area contributed by atoms with E-state index in [1.54, 1.807) is 13.8 Å². The van der Waals surface area contributed by atoms with Crippen LogP contribution in [0.1, 0.15) is 13.8 Å². The van der Waals surface area contributed by atoms with E-state index in [1.165, 1.54) is 0 Å². The first-order valence-electron chi connectivity index (χ1n) is 4.89.